The Balaban J connectivity index is -0.000000185. The summed E-state index contributed by atoms with van der Waals surface area (Å²) >= 11 is 0. The van der Waals surface area contributed by atoms with Crippen molar-refractivity contribution in [3.05, 3.63) is 35.4 Å². The van der Waals surface area contributed by atoms with Gasteiger partial charge in [-0.2, -0.15) is 0 Å². The molecule has 0 unspecified atom stereocenters. The second-order valence-corrected chi connectivity index (χ2v) is 3.69. The zero-order valence-corrected chi connectivity index (χ0v) is 11.4. The van der Waals surface area contributed by atoms with E-state index in [0.717, 1.165) is 0 Å². The molecule has 76 valence electrons. The summed E-state index contributed by atoms with van der Waals surface area (Å²) in [5.41, 5.74) is 2.66. The summed E-state index contributed by atoms with van der Waals surface area (Å²) in [7, 11) is -4.64. The van der Waals surface area contributed by atoms with Crippen LogP contribution in [0, 0.1) is 13.8 Å². The zero-order chi connectivity index (χ0) is 10.5. The monoisotopic (exact) mass is 228 g/mol. The maximum Gasteiger partial charge on any atom is 1.00 e. The van der Waals surface area contributed by atoms with Crippen LogP contribution in [0.3, 0.4) is 0 Å². The Morgan fingerprint density at radius 3 is 1.29 bits per heavy atom. The van der Waals surface area contributed by atoms with Gasteiger partial charge < -0.3 is 16.1 Å². The van der Waals surface area contributed by atoms with Crippen LogP contribution in [0.2, 0.25) is 0 Å². The average molecular weight is 228 g/mol. The maximum atomic E-state index is 8.88. The SMILES string of the molecule is Cc1ccc(C)cc1.O=P(O)(O)O.[H-].[Na+]. The van der Waals surface area contributed by atoms with Gasteiger partial charge in [0.25, 0.3) is 0 Å². The molecule has 0 aliphatic rings. The molecule has 0 amide bonds. The van der Waals surface area contributed by atoms with Crippen molar-refractivity contribution in [1.82, 2.24) is 0 Å². The quantitative estimate of drug-likeness (QED) is 0.373. The molecular formula is C8H14NaO4P. The maximum absolute atomic E-state index is 8.88. The summed E-state index contributed by atoms with van der Waals surface area (Å²) in [6.07, 6.45) is 0. The summed E-state index contributed by atoms with van der Waals surface area (Å²) in [5.74, 6) is 0. The number of phosphoric acid groups is 1. The third kappa shape index (κ3) is 14.8. The molecule has 0 heterocycles. The number of hydrogen-bond donors (Lipinski definition) is 3. The van der Waals surface area contributed by atoms with Gasteiger partial charge in [-0.3, -0.25) is 0 Å². The molecule has 14 heavy (non-hydrogen) atoms. The largest absolute Gasteiger partial charge is 1.00 e. The number of hydrogen-bond acceptors (Lipinski definition) is 1. The van der Waals surface area contributed by atoms with E-state index in [4.69, 9.17) is 19.2 Å². The minimum atomic E-state index is -4.64. The minimum Gasteiger partial charge on any atom is -1.00 e. The van der Waals surface area contributed by atoms with E-state index in [2.05, 4.69) is 38.1 Å². The molecule has 4 nitrogen and oxygen atoms in total. The first-order valence-corrected chi connectivity index (χ1v) is 5.17. The van der Waals surface area contributed by atoms with Crippen molar-refractivity contribution in [2.75, 3.05) is 0 Å². The van der Waals surface area contributed by atoms with Gasteiger partial charge in [0.1, 0.15) is 0 Å². The third-order valence-electron chi connectivity index (χ3n) is 1.22. The van der Waals surface area contributed by atoms with E-state index in [1.54, 1.807) is 0 Å². The molecule has 0 bridgehead atoms. The van der Waals surface area contributed by atoms with Crippen molar-refractivity contribution in [3.8, 4) is 0 Å². The van der Waals surface area contributed by atoms with Gasteiger partial charge in [0.15, 0.2) is 0 Å². The standard InChI is InChI=1S/C8H10.Na.H3O4P.H/c1-7-3-5-8(2)6-4-7;;1-5(2,3)4;/h3-6H,1-2H3;;(H3,1,2,3,4);/q;+1;;-1. The molecule has 0 aliphatic carbocycles. The van der Waals surface area contributed by atoms with Crippen LogP contribution in [-0.4, -0.2) is 14.7 Å². The van der Waals surface area contributed by atoms with Crippen LogP contribution in [0.25, 0.3) is 0 Å². The van der Waals surface area contributed by atoms with Gasteiger partial charge >= 0.3 is 37.4 Å². The molecule has 6 heteroatoms. The second kappa shape index (κ2) is 7.60. The Hall–Kier alpha value is 0.330. The predicted octanol–water partition coefficient (Wildman–Crippen LogP) is -1.51. The zero-order valence-electron chi connectivity index (χ0n) is 9.51. The Bertz CT molecular complexity index is 269. The van der Waals surface area contributed by atoms with Gasteiger partial charge in [0.2, 0.25) is 0 Å². The molecule has 0 aromatic heterocycles. The molecule has 0 saturated carbocycles. The Morgan fingerprint density at radius 2 is 1.14 bits per heavy atom. The summed E-state index contributed by atoms with van der Waals surface area (Å²) in [6.45, 7) is 4.19. The topological polar surface area (TPSA) is 77.8 Å². The molecule has 0 aliphatic heterocycles. The Morgan fingerprint density at radius 1 is 1.00 bits per heavy atom. The average Bonchev–Trinajstić information content (AvgIpc) is 1.92. The van der Waals surface area contributed by atoms with Crippen molar-refractivity contribution < 1.29 is 50.2 Å². The van der Waals surface area contributed by atoms with Gasteiger partial charge in [0, 0.05) is 0 Å². The molecule has 0 atom stereocenters. The van der Waals surface area contributed by atoms with Crippen molar-refractivity contribution in [2.24, 2.45) is 0 Å². The van der Waals surface area contributed by atoms with Crippen LogP contribution in [0.1, 0.15) is 12.6 Å². The van der Waals surface area contributed by atoms with Crippen LogP contribution in [0.15, 0.2) is 24.3 Å². The van der Waals surface area contributed by atoms with Crippen molar-refractivity contribution in [3.63, 3.8) is 0 Å². The first-order chi connectivity index (χ1) is 5.79. The fourth-order valence-corrected chi connectivity index (χ4v) is 0.637. The van der Waals surface area contributed by atoms with E-state index in [1.807, 2.05) is 0 Å². The molecule has 0 saturated heterocycles. The van der Waals surface area contributed by atoms with E-state index >= 15 is 0 Å². The summed E-state index contributed by atoms with van der Waals surface area (Å²) < 4.78 is 8.88. The molecule has 0 fully saturated rings. The molecule has 1 aromatic carbocycles. The predicted molar refractivity (Wildman–Crippen MR) is 51.3 cm³/mol. The number of benzene rings is 1. The van der Waals surface area contributed by atoms with Gasteiger partial charge in [-0.05, 0) is 13.8 Å². The first kappa shape index (κ1) is 16.7. The number of aryl methyl sites for hydroxylation is 2. The fourth-order valence-electron chi connectivity index (χ4n) is 0.637. The van der Waals surface area contributed by atoms with Crippen LogP contribution >= 0.6 is 7.82 Å². The van der Waals surface area contributed by atoms with Gasteiger partial charge in [-0.15, -0.1) is 0 Å². The van der Waals surface area contributed by atoms with Crippen LogP contribution < -0.4 is 29.6 Å². The molecule has 1 aromatic rings. The minimum absolute atomic E-state index is 0. The van der Waals surface area contributed by atoms with E-state index in [1.165, 1.54) is 11.1 Å². The smallest absolute Gasteiger partial charge is 1.00 e. The van der Waals surface area contributed by atoms with Crippen molar-refractivity contribution >= 4 is 7.82 Å². The first-order valence-electron chi connectivity index (χ1n) is 3.60. The van der Waals surface area contributed by atoms with Gasteiger partial charge in [-0.1, -0.05) is 35.4 Å². The second-order valence-electron chi connectivity index (χ2n) is 2.67. The molecule has 3 N–H and O–H groups in total. The fraction of sp³-hybridized carbons (Fsp3) is 0.250. The number of rotatable bonds is 0. The molecule has 0 radical (unpaired) electrons. The summed E-state index contributed by atoms with van der Waals surface area (Å²) in [4.78, 5) is 21.6. The van der Waals surface area contributed by atoms with Crippen molar-refractivity contribution in [2.45, 2.75) is 13.8 Å². The van der Waals surface area contributed by atoms with Gasteiger partial charge in [-0.25, -0.2) is 4.57 Å². The van der Waals surface area contributed by atoms with Crippen LogP contribution in [0.5, 0.6) is 0 Å². The van der Waals surface area contributed by atoms with E-state index in [0.29, 0.717) is 0 Å². The Labute approximate surface area is 107 Å². The van der Waals surface area contributed by atoms with Crippen LogP contribution in [0.4, 0.5) is 0 Å². The van der Waals surface area contributed by atoms with Crippen LogP contribution in [-0.2, 0) is 4.57 Å². The third-order valence-corrected chi connectivity index (χ3v) is 1.22. The van der Waals surface area contributed by atoms with E-state index < -0.39 is 7.82 Å². The molecule has 1 rings (SSSR count). The molecular weight excluding hydrogens is 214 g/mol. The summed E-state index contributed by atoms with van der Waals surface area (Å²) in [6, 6.07) is 8.48. The molecule has 0 spiro atoms. The van der Waals surface area contributed by atoms with Gasteiger partial charge in [0.05, 0.1) is 0 Å². The Kier molecular flexibility index (Phi) is 9.09. The summed E-state index contributed by atoms with van der Waals surface area (Å²) in [5, 5.41) is 0. The van der Waals surface area contributed by atoms with E-state index in [9.17, 15) is 0 Å². The normalized spacial score (nSPS) is 9.50. The van der Waals surface area contributed by atoms with Crippen molar-refractivity contribution in [1.29, 1.82) is 0 Å². The van der Waals surface area contributed by atoms with E-state index in [-0.39, 0.29) is 31.0 Å².